The lowest BCUT2D eigenvalue weighted by Crippen LogP contribution is -2.12. The second-order valence-electron chi connectivity index (χ2n) is 5.12. The molecule has 1 unspecified atom stereocenters. The first-order valence-electron chi connectivity index (χ1n) is 7.07. The molecule has 0 saturated carbocycles. The first-order chi connectivity index (χ1) is 10.6. The highest BCUT2D eigenvalue weighted by Crippen LogP contribution is 2.29. The third kappa shape index (κ3) is 3.84. The smallest absolute Gasteiger partial charge is 0.202 e. The quantitative estimate of drug-likeness (QED) is 0.780. The minimum absolute atomic E-state index is 0.0304. The topological polar surface area (TPSA) is 43.4 Å². The van der Waals surface area contributed by atoms with Crippen molar-refractivity contribution >= 4 is 9.84 Å². The minimum atomic E-state index is -3.51. The first kappa shape index (κ1) is 16.5. The number of allylic oxidation sites excluding steroid dienone is 1. The predicted octanol–water partition coefficient (Wildman–Crippen LogP) is 3.79. The van der Waals surface area contributed by atoms with Gasteiger partial charge >= 0.3 is 0 Å². The van der Waals surface area contributed by atoms with Crippen LogP contribution in [0.15, 0.2) is 77.0 Å². The van der Waals surface area contributed by atoms with Crippen LogP contribution >= 0.6 is 0 Å². The Labute approximate surface area is 132 Å². The molecule has 0 saturated heterocycles. The summed E-state index contributed by atoms with van der Waals surface area (Å²) in [5.41, 5.74) is 1.05. The van der Waals surface area contributed by atoms with Gasteiger partial charge in [0.2, 0.25) is 9.84 Å². The molecule has 0 spiro atoms. The molecule has 2 rings (SSSR count). The van der Waals surface area contributed by atoms with Crippen molar-refractivity contribution < 1.29 is 13.2 Å². The molecule has 4 heteroatoms. The van der Waals surface area contributed by atoms with E-state index in [1.165, 1.54) is 0 Å². The summed E-state index contributed by atoms with van der Waals surface area (Å²) in [7, 11) is -1.89. The van der Waals surface area contributed by atoms with Gasteiger partial charge in [0.15, 0.2) is 0 Å². The van der Waals surface area contributed by atoms with Crippen LogP contribution in [0.1, 0.15) is 17.9 Å². The number of rotatable bonds is 7. The summed E-state index contributed by atoms with van der Waals surface area (Å²) in [5, 5.41) is 0. The molecular weight excluding hydrogens is 296 g/mol. The Morgan fingerprint density at radius 2 is 1.59 bits per heavy atom. The maximum Gasteiger partial charge on any atom is 0.202 e. The van der Waals surface area contributed by atoms with Gasteiger partial charge in [0.05, 0.1) is 11.5 Å². The Balaban J connectivity index is 2.22. The van der Waals surface area contributed by atoms with Crippen LogP contribution in [0.4, 0.5) is 0 Å². The van der Waals surface area contributed by atoms with Crippen LogP contribution in [-0.4, -0.2) is 22.1 Å². The van der Waals surface area contributed by atoms with Crippen LogP contribution in [0.3, 0.4) is 0 Å². The van der Waals surface area contributed by atoms with Crippen molar-refractivity contribution in [2.75, 3.05) is 13.7 Å². The van der Waals surface area contributed by atoms with Crippen molar-refractivity contribution in [2.45, 2.75) is 17.2 Å². The van der Waals surface area contributed by atoms with E-state index in [0.29, 0.717) is 13.0 Å². The molecule has 1 atom stereocenters. The van der Waals surface area contributed by atoms with Gasteiger partial charge < -0.3 is 4.74 Å². The fourth-order valence-corrected chi connectivity index (χ4v) is 3.62. The van der Waals surface area contributed by atoms with E-state index in [0.717, 1.165) is 5.56 Å². The van der Waals surface area contributed by atoms with Gasteiger partial charge in [-0.25, -0.2) is 8.42 Å². The Kier molecular flexibility index (Phi) is 5.52. The lowest BCUT2D eigenvalue weighted by Gasteiger charge is -2.18. The Morgan fingerprint density at radius 1 is 1.05 bits per heavy atom. The van der Waals surface area contributed by atoms with Crippen molar-refractivity contribution in [2.24, 2.45) is 0 Å². The van der Waals surface area contributed by atoms with Crippen LogP contribution in [0, 0.1) is 0 Å². The molecule has 0 aliphatic carbocycles. The lowest BCUT2D eigenvalue weighted by atomic mass is 9.96. The lowest BCUT2D eigenvalue weighted by molar-refractivity contribution is 0.179. The first-order valence-corrected chi connectivity index (χ1v) is 8.56. The van der Waals surface area contributed by atoms with E-state index in [9.17, 15) is 8.42 Å². The average molecular weight is 316 g/mol. The molecule has 2 aromatic carbocycles. The number of sulfone groups is 1. The number of benzene rings is 2. The van der Waals surface area contributed by atoms with Crippen molar-refractivity contribution in [1.82, 2.24) is 0 Å². The van der Waals surface area contributed by atoms with Crippen LogP contribution in [0.2, 0.25) is 0 Å². The molecule has 116 valence electrons. The highest BCUT2D eigenvalue weighted by Gasteiger charge is 2.22. The number of ether oxygens (including phenoxy) is 1. The van der Waals surface area contributed by atoms with Gasteiger partial charge in [-0.15, -0.1) is 0 Å². The van der Waals surface area contributed by atoms with Gasteiger partial charge in [0.1, 0.15) is 0 Å². The molecular formula is C18H20O3S. The third-order valence-corrected chi connectivity index (χ3v) is 5.37. The van der Waals surface area contributed by atoms with Gasteiger partial charge in [-0.2, -0.15) is 0 Å². The van der Waals surface area contributed by atoms with E-state index < -0.39 is 9.84 Å². The molecule has 0 bridgehead atoms. The highest BCUT2D eigenvalue weighted by molar-refractivity contribution is 7.95. The van der Waals surface area contributed by atoms with E-state index in [1.807, 2.05) is 30.3 Å². The molecule has 22 heavy (non-hydrogen) atoms. The van der Waals surface area contributed by atoms with E-state index in [4.69, 9.17) is 4.74 Å². The largest absolute Gasteiger partial charge is 0.384 e. The van der Waals surface area contributed by atoms with Crippen molar-refractivity contribution in [3.05, 3.63) is 77.7 Å². The summed E-state index contributed by atoms with van der Waals surface area (Å²) < 4.78 is 30.4. The van der Waals surface area contributed by atoms with Gasteiger partial charge in [-0.1, -0.05) is 55.1 Å². The molecule has 0 radical (unpaired) electrons. The molecule has 0 aromatic heterocycles. The minimum Gasteiger partial charge on any atom is -0.384 e. The van der Waals surface area contributed by atoms with E-state index in [-0.39, 0.29) is 15.7 Å². The zero-order valence-electron chi connectivity index (χ0n) is 12.6. The maximum atomic E-state index is 12.6. The van der Waals surface area contributed by atoms with Crippen LogP contribution < -0.4 is 0 Å². The van der Waals surface area contributed by atoms with E-state index in [2.05, 4.69) is 6.58 Å². The zero-order chi connectivity index (χ0) is 16.0. The normalized spacial score (nSPS) is 12.8. The molecule has 0 aliphatic heterocycles. The molecule has 2 aromatic rings. The summed E-state index contributed by atoms with van der Waals surface area (Å²) in [5.74, 6) is -0.0304. The summed E-state index contributed by atoms with van der Waals surface area (Å²) in [6.07, 6.45) is 0.342. The van der Waals surface area contributed by atoms with Gasteiger partial charge in [0.25, 0.3) is 0 Å². The molecule has 0 aliphatic rings. The van der Waals surface area contributed by atoms with E-state index in [1.54, 1.807) is 37.4 Å². The van der Waals surface area contributed by atoms with Crippen molar-refractivity contribution in [1.29, 1.82) is 0 Å². The molecule has 0 N–H and O–H groups in total. The number of hydrogen-bond donors (Lipinski definition) is 0. The zero-order valence-corrected chi connectivity index (χ0v) is 13.4. The summed E-state index contributed by atoms with van der Waals surface area (Å²) >= 11 is 0. The van der Waals surface area contributed by atoms with Gasteiger partial charge in [0, 0.05) is 17.9 Å². The second kappa shape index (κ2) is 7.38. The standard InChI is InChI=1S/C18H20O3S/c1-15(22(19,20)18-11-7-4-8-12-18)13-17(14-21-2)16-9-5-3-6-10-16/h3-12,17H,1,13-14H2,2H3. The number of hydrogen-bond acceptors (Lipinski definition) is 3. The van der Waals surface area contributed by atoms with Crippen LogP contribution in [0.25, 0.3) is 0 Å². The van der Waals surface area contributed by atoms with Crippen molar-refractivity contribution in [3.63, 3.8) is 0 Å². The van der Waals surface area contributed by atoms with Crippen LogP contribution in [-0.2, 0) is 14.6 Å². The summed E-state index contributed by atoms with van der Waals surface area (Å²) in [4.78, 5) is 0.494. The molecule has 0 fully saturated rings. The van der Waals surface area contributed by atoms with Gasteiger partial charge in [-0.3, -0.25) is 0 Å². The molecule has 3 nitrogen and oxygen atoms in total. The highest BCUT2D eigenvalue weighted by atomic mass is 32.2. The summed E-state index contributed by atoms with van der Waals surface area (Å²) in [6.45, 7) is 4.26. The van der Waals surface area contributed by atoms with Crippen LogP contribution in [0.5, 0.6) is 0 Å². The second-order valence-corrected chi connectivity index (χ2v) is 7.18. The Morgan fingerprint density at radius 3 is 2.14 bits per heavy atom. The fraction of sp³-hybridized carbons (Fsp3) is 0.222. The Hall–Kier alpha value is -1.91. The predicted molar refractivity (Wildman–Crippen MR) is 88.4 cm³/mol. The fourth-order valence-electron chi connectivity index (χ4n) is 2.35. The monoisotopic (exact) mass is 316 g/mol. The molecule has 0 amide bonds. The Bertz CT molecular complexity index is 707. The van der Waals surface area contributed by atoms with Crippen molar-refractivity contribution in [3.8, 4) is 0 Å². The molecule has 0 heterocycles. The number of methoxy groups -OCH3 is 1. The van der Waals surface area contributed by atoms with E-state index >= 15 is 0 Å². The average Bonchev–Trinajstić information content (AvgIpc) is 2.56. The third-order valence-electron chi connectivity index (χ3n) is 3.55. The SMILES string of the molecule is C=C(CC(COC)c1ccccc1)S(=O)(=O)c1ccccc1. The van der Waals surface area contributed by atoms with Gasteiger partial charge in [-0.05, 0) is 24.1 Å². The summed E-state index contributed by atoms with van der Waals surface area (Å²) in [6, 6.07) is 18.2. The maximum absolute atomic E-state index is 12.6.